The van der Waals surface area contributed by atoms with Gasteiger partial charge in [0.05, 0.1) is 12.3 Å². The average molecular weight is 239 g/mol. The van der Waals surface area contributed by atoms with Crippen LogP contribution in [0.2, 0.25) is 0 Å². The highest BCUT2D eigenvalue weighted by Crippen LogP contribution is 2.23. The zero-order valence-electron chi connectivity index (χ0n) is 8.46. The molecule has 4 nitrogen and oxygen atoms in total. The number of hydrogen-bond acceptors (Lipinski definition) is 2. The number of rotatable bonds is 3. The summed E-state index contributed by atoms with van der Waals surface area (Å²) in [5.74, 6) is -2.28. The molecule has 1 aliphatic heterocycles. The van der Waals surface area contributed by atoms with Gasteiger partial charge in [0.1, 0.15) is 0 Å². The van der Waals surface area contributed by atoms with Crippen LogP contribution in [0.5, 0.6) is 0 Å². The minimum atomic E-state index is -4.35. The molecule has 0 spiro atoms. The first kappa shape index (κ1) is 12.8. The molecule has 1 unspecified atom stereocenters. The van der Waals surface area contributed by atoms with Crippen molar-refractivity contribution in [1.29, 1.82) is 0 Å². The van der Waals surface area contributed by atoms with Crippen LogP contribution in [0.4, 0.5) is 13.2 Å². The number of halogens is 3. The second kappa shape index (κ2) is 4.71. The lowest BCUT2D eigenvalue weighted by molar-refractivity contribution is -0.149. The summed E-state index contributed by atoms with van der Waals surface area (Å²) in [7, 11) is 0. The summed E-state index contributed by atoms with van der Waals surface area (Å²) in [5, 5.41) is 8.65. The van der Waals surface area contributed by atoms with Gasteiger partial charge in [0.15, 0.2) is 0 Å². The van der Waals surface area contributed by atoms with Crippen LogP contribution in [0, 0.1) is 5.92 Å². The lowest BCUT2D eigenvalue weighted by Crippen LogP contribution is -2.30. The van der Waals surface area contributed by atoms with Crippen molar-refractivity contribution in [3.05, 3.63) is 0 Å². The van der Waals surface area contributed by atoms with E-state index in [1.165, 1.54) is 4.90 Å². The van der Waals surface area contributed by atoms with E-state index in [1.807, 2.05) is 0 Å². The molecule has 1 aliphatic rings. The van der Waals surface area contributed by atoms with Gasteiger partial charge in [-0.2, -0.15) is 13.2 Å². The van der Waals surface area contributed by atoms with E-state index < -0.39 is 36.8 Å². The third kappa shape index (κ3) is 3.71. The number of hydrogen-bond donors (Lipinski definition) is 1. The molecule has 1 heterocycles. The van der Waals surface area contributed by atoms with Crippen molar-refractivity contribution in [3.63, 3.8) is 0 Å². The highest BCUT2D eigenvalue weighted by molar-refractivity contribution is 5.78. The second-order valence-corrected chi connectivity index (χ2v) is 3.78. The number of carboxylic acids is 1. The SMILES string of the molecule is O=C(O)C1CCN(C(=O)CCC(F)(F)F)C1. The first-order chi connectivity index (χ1) is 7.29. The minimum Gasteiger partial charge on any atom is -0.481 e. The lowest BCUT2D eigenvalue weighted by atomic mass is 10.1. The maximum absolute atomic E-state index is 11.8. The Bertz CT molecular complexity index is 290. The van der Waals surface area contributed by atoms with Gasteiger partial charge in [-0.15, -0.1) is 0 Å². The number of likely N-dealkylation sites (tertiary alicyclic amines) is 1. The molecule has 0 saturated carbocycles. The number of alkyl halides is 3. The van der Waals surface area contributed by atoms with E-state index in [2.05, 4.69) is 0 Å². The van der Waals surface area contributed by atoms with Crippen LogP contribution in [0.1, 0.15) is 19.3 Å². The molecule has 0 aromatic heterocycles. The van der Waals surface area contributed by atoms with Crippen molar-refractivity contribution in [1.82, 2.24) is 4.90 Å². The van der Waals surface area contributed by atoms with Gasteiger partial charge in [0.25, 0.3) is 0 Å². The van der Waals surface area contributed by atoms with Crippen LogP contribution in [-0.4, -0.2) is 41.1 Å². The van der Waals surface area contributed by atoms with E-state index in [9.17, 15) is 22.8 Å². The van der Waals surface area contributed by atoms with Gasteiger partial charge in [-0.1, -0.05) is 0 Å². The van der Waals surface area contributed by atoms with Crippen LogP contribution in [0.15, 0.2) is 0 Å². The quantitative estimate of drug-likeness (QED) is 0.806. The van der Waals surface area contributed by atoms with E-state index in [4.69, 9.17) is 5.11 Å². The molecule has 1 atom stereocenters. The summed E-state index contributed by atoms with van der Waals surface area (Å²) >= 11 is 0. The van der Waals surface area contributed by atoms with Crippen LogP contribution in [0.25, 0.3) is 0 Å². The average Bonchev–Trinajstić information content (AvgIpc) is 2.61. The predicted octanol–water partition coefficient (Wildman–Crippen LogP) is 1.26. The molecule has 92 valence electrons. The molecule has 1 rings (SSSR count). The molecule has 0 aliphatic carbocycles. The van der Waals surface area contributed by atoms with Gasteiger partial charge in [-0.3, -0.25) is 9.59 Å². The molecule has 7 heteroatoms. The summed E-state index contributed by atoms with van der Waals surface area (Å²) in [4.78, 5) is 23.0. The first-order valence-electron chi connectivity index (χ1n) is 4.87. The molecule has 1 fully saturated rings. The van der Waals surface area contributed by atoms with E-state index in [-0.39, 0.29) is 13.1 Å². The monoisotopic (exact) mass is 239 g/mol. The van der Waals surface area contributed by atoms with Crippen molar-refractivity contribution in [2.24, 2.45) is 5.92 Å². The van der Waals surface area contributed by atoms with E-state index in [0.29, 0.717) is 6.42 Å². The zero-order valence-corrected chi connectivity index (χ0v) is 8.46. The molecule has 1 saturated heterocycles. The van der Waals surface area contributed by atoms with Gasteiger partial charge in [-0.25, -0.2) is 0 Å². The highest BCUT2D eigenvalue weighted by Gasteiger charge is 2.33. The Morgan fingerprint density at radius 3 is 2.44 bits per heavy atom. The van der Waals surface area contributed by atoms with Gasteiger partial charge in [-0.05, 0) is 6.42 Å². The van der Waals surface area contributed by atoms with Gasteiger partial charge < -0.3 is 10.0 Å². The van der Waals surface area contributed by atoms with E-state index >= 15 is 0 Å². The van der Waals surface area contributed by atoms with Crippen LogP contribution in [-0.2, 0) is 9.59 Å². The second-order valence-electron chi connectivity index (χ2n) is 3.78. The summed E-state index contributed by atoms with van der Waals surface area (Å²) in [5.41, 5.74) is 0. The number of carbonyl (C=O) groups excluding carboxylic acids is 1. The molecule has 0 radical (unpaired) electrons. The third-order valence-corrected chi connectivity index (χ3v) is 2.51. The van der Waals surface area contributed by atoms with Crippen LogP contribution in [0.3, 0.4) is 0 Å². The van der Waals surface area contributed by atoms with Crippen molar-refractivity contribution >= 4 is 11.9 Å². The topological polar surface area (TPSA) is 57.6 Å². The molecule has 16 heavy (non-hydrogen) atoms. The Balaban J connectivity index is 2.37. The summed E-state index contributed by atoms with van der Waals surface area (Å²) in [6, 6.07) is 0. The van der Waals surface area contributed by atoms with Gasteiger partial charge >= 0.3 is 12.1 Å². The van der Waals surface area contributed by atoms with Crippen molar-refractivity contribution in [2.45, 2.75) is 25.4 Å². The summed E-state index contributed by atoms with van der Waals surface area (Å²) < 4.78 is 35.5. The number of carbonyl (C=O) groups is 2. The highest BCUT2D eigenvalue weighted by atomic mass is 19.4. The molecule has 0 aromatic carbocycles. The molecular formula is C9H12F3NO3. The largest absolute Gasteiger partial charge is 0.481 e. The maximum Gasteiger partial charge on any atom is 0.389 e. The van der Waals surface area contributed by atoms with Crippen LogP contribution >= 0.6 is 0 Å². The maximum atomic E-state index is 11.8. The van der Waals surface area contributed by atoms with Gasteiger partial charge in [0, 0.05) is 19.5 Å². The Kier molecular flexibility index (Phi) is 3.77. The Labute approximate surface area is 90.0 Å². The van der Waals surface area contributed by atoms with E-state index in [0.717, 1.165) is 0 Å². The molecule has 0 bridgehead atoms. The van der Waals surface area contributed by atoms with Gasteiger partial charge in [0.2, 0.25) is 5.91 Å². The summed E-state index contributed by atoms with van der Waals surface area (Å²) in [6.45, 7) is 0.250. The van der Waals surface area contributed by atoms with Crippen LogP contribution < -0.4 is 0 Å². The zero-order chi connectivity index (χ0) is 12.3. The Morgan fingerprint density at radius 1 is 1.38 bits per heavy atom. The molecular weight excluding hydrogens is 227 g/mol. The Hall–Kier alpha value is -1.27. The van der Waals surface area contributed by atoms with Crippen molar-refractivity contribution < 1.29 is 27.9 Å². The third-order valence-electron chi connectivity index (χ3n) is 2.51. The number of nitrogens with zero attached hydrogens (tertiary/aromatic N) is 1. The van der Waals surface area contributed by atoms with E-state index in [1.54, 1.807) is 0 Å². The first-order valence-corrected chi connectivity index (χ1v) is 4.87. The number of carboxylic acid groups (broad SMARTS) is 1. The fourth-order valence-corrected chi connectivity index (χ4v) is 1.60. The number of aliphatic carboxylic acids is 1. The normalized spacial score (nSPS) is 21.2. The summed E-state index contributed by atoms with van der Waals surface area (Å²) in [6.07, 6.45) is -5.79. The number of amides is 1. The standard InChI is InChI=1S/C9H12F3NO3/c10-9(11,12)3-1-7(14)13-4-2-6(5-13)8(15)16/h6H,1-5H2,(H,15,16). The predicted molar refractivity (Wildman–Crippen MR) is 47.6 cm³/mol. The molecule has 1 N–H and O–H groups in total. The fraction of sp³-hybridized carbons (Fsp3) is 0.778. The molecule has 0 aromatic rings. The smallest absolute Gasteiger partial charge is 0.389 e. The lowest BCUT2D eigenvalue weighted by Gasteiger charge is -2.16. The van der Waals surface area contributed by atoms with Crippen molar-refractivity contribution in [3.8, 4) is 0 Å². The minimum absolute atomic E-state index is 0.0199. The fourth-order valence-electron chi connectivity index (χ4n) is 1.60. The molecule has 1 amide bonds. The Morgan fingerprint density at radius 2 is 2.00 bits per heavy atom. The van der Waals surface area contributed by atoms with Crippen molar-refractivity contribution in [2.75, 3.05) is 13.1 Å².